The van der Waals surface area contributed by atoms with E-state index >= 15 is 0 Å². The first-order chi connectivity index (χ1) is 12.8. The predicted molar refractivity (Wildman–Crippen MR) is 107 cm³/mol. The first-order valence-electron chi connectivity index (χ1n) is 9.25. The van der Waals surface area contributed by atoms with E-state index in [-0.39, 0.29) is 23.3 Å². The molecule has 27 heavy (non-hydrogen) atoms. The highest BCUT2D eigenvalue weighted by atomic mass is 16.5. The van der Waals surface area contributed by atoms with Crippen molar-refractivity contribution in [1.29, 1.82) is 0 Å². The normalized spacial score (nSPS) is 17.4. The molecule has 0 aliphatic carbocycles. The molecule has 1 atom stereocenters. The summed E-state index contributed by atoms with van der Waals surface area (Å²) < 4.78 is 5.11. The minimum atomic E-state index is -0.295. The van der Waals surface area contributed by atoms with Crippen LogP contribution in [0, 0.1) is 5.41 Å². The molecule has 0 spiro atoms. The summed E-state index contributed by atoms with van der Waals surface area (Å²) in [4.78, 5) is 23.6. The first kappa shape index (κ1) is 19.0. The molecule has 0 saturated heterocycles. The second kappa shape index (κ2) is 7.43. The molecule has 5 heteroatoms. The molecule has 1 aliphatic rings. The van der Waals surface area contributed by atoms with E-state index in [1.165, 1.54) is 6.92 Å². The number of hydrogen-bond donors (Lipinski definition) is 2. The van der Waals surface area contributed by atoms with Crippen molar-refractivity contribution in [3.05, 3.63) is 59.2 Å². The van der Waals surface area contributed by atoms with Gasteiger partial charge in [-0.05, 0) is 54.2 Å². The van der Waals surface area contributed by atoms with Gasteiger partial charge in [0, 0.05) is 18.3 Å². The van der Waals surface area contributed by atoms with Gasteiger partial charge in [-0.2, -0.15) is 0 Å². The van der Waals surface area contributed by atoms with Crippen LogP contribution in [0.25, 0.3) is 0 Å². The summed E-state index contributed by atoms with van der Waals surface area (Å²) >= 11 is 0. The molecule has 0 saturated carbocycles. The lowest BCUT2D eigenvalue weighted by molar-refractivity contribution is -0.114. The van der Waals surface area contributed by atoms with Crippen LogP contribution >= 0.6 is 0 Å². The fourth-order valence-electron chi connectivity index (χ4n) is 3.72. The van der Waals surface area contributed by atoms with Gasteiger partial charge in [-0.15, -0.1) is 0 Å². The number of para-hydroxylation sites is 1. The second-order valence-electron chi connectivity index (χ2n) is 7.60. The van der Waals surface area contributed by atoms with Crippen molar-refractivity contribution < 1.29 is 14.3 Å². The SMILES string of the molecule is CCOC(=O)c1ccc2c(c1)CC(C)(C)C(c1ccccc1NC(C)=O)N2. The summed E-state index contributed by atoms with van der Waals surface area (Å²) in [5.74, 6) is -0.383. The average Bonchev–Trinajstić information content (AvgIpc) is 2.60. The van der Waals surface area contributed by atoms with Crippen molar-refractivity contribution >= 4 is 23.3 Å². The number of amides is 1. The number of nitrogens with one attached hydrogen (secondary N) is 2. The Morgan fingerprint density at radius 3 is 2.67 bits per heavy atom. The van der Waals surface area contributed by atoms with Gasteiger partial charge < -0.3 is 15.4 Å². The van der Waals surface area contributed by atoms with Crippen LogP contribution in [0.1, 0.15) is 55.2 Å². The molecule has 0 radical (unpaired) electrons. The summed E-state index contributed by atoms with van der Waals surface area (Å²) in [6.07, 6.45) is 0.807. The van der Waals surface area contributed by atoms with Crippen LogP contribution in [-0.2, 0) is 16.0 Å². The molecule has 3 rings (SSSR count). The number of carbonyl (C=O) groups is 2. The average molecular weight is 366 g/mol. The molecule has 2 aromatic carbocycles. The fourth-order valence-corrected chi connectivity index (χ4v) is 3.72. The fraction of sp³-hybridized carbons (Fsp3) is 0.364. The van der Waals surface area contributed by atoms with Crippen molar-refractivity contribution in [2.75, 3.05) is 17.2 Å². The highest BCUT2D eigenvalue weighted by Gasteiger charge is 2.37. The van der Waals surface area contributed by atoms with Gasteiger partial charge in [0.2, 0.25) is 5.91 Å². The van der Waals surface area contributed by atoms with E-state index in [9.17, 15) is 9.59 Å². The number of rotatable bonds is 4. The summed E-state index contributed by atoms with van der Waals surface area (Å²) in [7, 11) is 0. The van der Waals surface area contributed by atoms with Gasteiger partial charge in [-0.1, -0.05) is 32.0 Å². The summed E-state index contributed by atoms with van der Waals surface area (Å²) in [5.41, 5.74) is 4.43. The number of benzene rings is 2. The summed E-state index contributed by atoms with van der Waals surface area (Å²) in [6, 6.07) is 13.5. The van der Waals surface area contributed by atoms with Gasteiger partial charge in [-0.25, -0.2) is 4.79 Å². The van der Waals surface area contributed by atoms with Gasteiger partial charge >= 0.3 is 5.97 Å². The minimum Gasteiger partial charge on any atom is -0.462 e. The molecular formula is C22H26N2O3. The third-order valence-electron chi connectivity index (χ3n) is 4.93. The standard InChI is InChI=1S/C22H26N2O3/c1-5-27-21(26)15-10-11-18-16(12-15)13-22(3,4)20(24-18)17-8-6-7-9-19(17)23-14(2)25/h6-12,20,24H,5,13H2,1-4H3,(H,23,25). The number of anilines is 2. The van der Waals surface area contributed by atoms with Crippen LogP contribution < -0.4 is 10.6 Å². The Hall–Kier alpha value is -2.82. The molecular weight excluding hydrogens is 340 g/mol. The van der Waals surface area contributed by atoms with E-state index in [0.717, 1.165) is 28.9 Å². The zero-order valence-electron chi connectivity index (χ0n) is 16.3. The van der Waals surface area contributed by atoms with Crippen molar-refractivity contribution in [2.24, 2.45) is 5.41 Å². The number of fused-ring (bicyclic) bond motifs is 1. The Bertz CT molecular complexity index is 874. The Kier molecular flexibility index (Phi) is 5.22. The van der Waals surface area contributed by atoms with Crippen LogP contribution in [0.5, 0.6) is 0 Å². The molecule has 1 heterocycles. The highest BCUT2D eigenvalue weighted by molar-refractivity contribution is 5.91. The lowest BCUT2D eigenvalue weighted by atomic mass is 9.72. The Labute approximate surface area is 160 Å². The van der Waals surface area contributed by atoms with Crippen LogP contribution in [0.15, 0.2) is 42.5 Å². The Morgan fingerprint density at radius 1 is 1.22 bits per heavy atom. The van der Waals surface area contributed by atoms with Crippen molar-refractivity contribution in [3.63, 3.8) is 0 Å². The molecule has 2 aromatic rings. The maximum Gasteiger partial charge on any atom is 0.338 e. The van der Waals surface area contributed by atoms with Crippen LogP contribution in [-0.4, -0.2) is 18.5 Å². The van der Waals surface area contributed by atoms with E-state index in [1.54, 1.807) is 13.0 Å². The molecule has 0 aromatic heterocycles. The zero-order valence-corrected chi connectivity index (χ0v) is 16.3. The molecule has 0 fully saturated rings. The molecule has 5 nitrogen and oxygen atoms in total. The van der Waals surface area contributed by atoms with Crippen molar-refractivity contribution in [1.82, 2.24) is 0 Å². The van der Waals surface area contributed by atoms with Gasteiger partial charge in [0.05, 0.1) is 18.2 Å². The minimum absolute atomic E-state index is 0.0292. The van der Waals surface area contributed by atoms with E-state index in [2.05, 4.69) is 24.5 Å². The van der Waals surface area contributed by atoms with Gasteiger partial charge in [0.25, 0.3) is 0 Å². The van der Waals surface area contributed by atoms with Gasteiger partial charge in [-0.3, -0.25) is 4.79 Å². The molecule has 2 N–H and O–H groups in total. The summed E-state index contributed by atoms with van der Waals surface area (Å²) in [5, 5.41) is 6.54. The predicted octanol–water partition coefficient (Wildman–Crippen LogP) is 4.56. The topological polar surface area (TPSA) is 67.4 Å². The molecule has 142 valence electrons. The smallest absolute Gasteiger partial charge is 0.338 e. The number of hydrogen-bond acceptors (Lipinski definition) is 4. The van der Waals surface area contributed by atoms with Crippen LogP contribution in [0.3, 0.4) is 0 Å². The lowest BCUT2D eigenvalue weighted by Crippen LogP contribution is -2.35. The quantitative estimate of drug-likeness (QED) is 0.779. The zero-order chi connectivity index (χ0) is 19.6. The van der Waals surface area contributed by atoms with E-state index < -0.39 is 0 Å². The van der Waals surface area contributed by atoms with E-state index in [0.29, 0.717) is 12.2 Å². The number of carbonyl (C=O) groups excluding carboxylic acids is 2. The maximum absolute atomic E-state index is 12.0. The largest absolute Gasteiger partial charge is 0.462 e. The second-order valence-corrected chi connectivity index (χ2v) is 7.60. The first-order valence-corrected chi connectivity index (χ1v) is 9.25. The monoisotopic (exact) mass is 366 g/mol. The van der Waals surface area contributed by atoms with Crippen molar-refractivity contribution in [2.45, 2.75) is 40.2 Å². The molecule has 1 amide bonds. The van der Waals surface area contributed by atoms with Crippen LogP contribution in [0.2, 0.25) is 0 Å². The van der Waals surface area contributed by atoms with E-state index in [1.807, 2.05) is 36.4 Å². The molecule has 0 bridgehead atoms. The Balaban J connectivity index is 1.96. The van der Waals surface area contributed by atoms with Gasteiger partial charge in [0.15, 0.2) is 0 Å². The lowest BCUT2D eigenvalue weighted by Gasteiger charge is -2.42. The third-order valence-corrected chi connectivity index (χ3v) is 4.93. The molecule has 1 unspecified atom stereocenters. The van der Waals surface area contributed by atoms with Gasteiger partial charge in [0.1, 0.15) is 0 Å². The number of esters is 1. The van der Waals surface area contributed by atoms with Crippen LogP contribution in [0.4, 0.5) is 11.4 Å². The highest BCUT2D eigenvalue weighted by Crippen LogP contribution is 2.46. The Morgan fingerprint density at radius 2 is 1.96 bits per heavy atom. The third kappa shape index (κ3) is 3.97. The molecule has 1 aliphatic heterocycles. The number of ether oxygens (including phenoxy) is 1. The maximum atomic E-state index is 12.0. The van der Waals surface area contributed by atoms with E-state index in [4.69, 9.17) is 4.74 Å². The van der Waals surface area contributed by atoms with Crippen molar-refractivity contribution in [3.8, 4) is 0 Å². The summed E-state index contributed by atoms with van der Waals surface area (Å²) in [6.45, 7) is 8.06.